The second-order valence-electron chi connectivity index (χ2n) is 4.86. The van der Waals surface area contributed by atoms with Gasteiger partial charge in [-0.1, -0.05) is 4.59 Å². The molecular weight excluding hydrogens is 238 g/mol. The molecule has 0 bridgehead atoms. The van der Waals surface area contributed by atoms with Gasteiger partial charge in [0.25, 0.3) is 5.70 Å². The van der Waals surface area contributed by atoms with E-state index in [2.05, 4.69) is 5.10 Å². The van der Waals surface area contributed by atoms with E-state index in [1.807, 2.05) is 0 Å². The number of amides is 1. The molecule has 0 aliphatic carbocycles. The highest BCUT2D eigenvalue weighted by atomic mass is 16.5. The molecule has 0 spiro atoms. The predicted molar refractivity (Wildman–Crippen MR) is 64.4 cm³/mol. The quantitative estimate of drug-likeness (QED) is 0.567. The third-order valence-electron chi connectivity index (χ3n) is 2.63. The van der Waals surface area contributed by atoms with E-state index in [-0.39, 0.29) is 18.1 Å². The number of nitrogens with two attached hydrogens (primary N) is 1. The third-order valence-corrected chi connectivity index (χ3v) is 2.63. The summed E-state index contributed by atoms with van der Waals surface area (Å²) >= 11 is 0. The zero-order valence-electron chi connectivity index (χ0n) is 10.9. The molecule has 0 aromatic carbocycles. The highest BCUT2D eigenvalue weighted by molar-refractivity contribution is 6.02. The Morgan fingerprint density at radius 1 is 1.50 bits per heavy atom. The second-order valence-corrected chi connectivity index (χ2v) is 4.86. The van der Waals surface area contributed by atoms with Gasteiger partial charge in [-0.05, 0) is 32.8 Å². The highest BCUT2D eigenvalue weighted by Crippen LogP contribution is 2.36. The van der Waals surface area contributed by atoms with Gasteiger partial charge in [-0.3, -0.25) is 0 Å². The zero-order chi connectivity index (χ0) is 14.1. The van der Waals surface area contributed by atoms with Crippen LogP contribution in [0.4, 0.5) is 4.79 Å². The molecule has 3 N–H and O–H groups in total. The minimum Gasteiger partial charge on any atom is -0.458 e. The van der Waals surface area contributed by atoms with E-state index in [1.165, 1.54) is 6.08 Å². The smallest absolute Gasteiger partial charge is 0.458 e. The van der Waals surface area contributed by atoms with Crippen molar-refractivity contribution < 1.29 is 24.0 Å². The first-order chi connectivity index (χ1) is 8.16. The molecule has 1 aliphatic heterocycles. The van der Waals surface area contributed by atoms with Crippen molar-refractivity contribution in [3.8, 4) is 0 Å². The molecule has 1 aliphatic rings. The van der Waals surface area contributed by atoms with Crippen LogP contribution < -0.4 is 5.73 Å². The summed E-state index contributed by atoms with van der Waals surface area (Å²) < 4.78 is 3.95. The molecule has 7 nitrogen and oxygen atoms in total. The number of ether oxygens (including phenoxy) is 1. The lowest BCUT2D eigenvalue weighted by molar-refractivity contribution is -0.868. The maximum Gasteiger partial charge on any atom is 0.546 e. The topological polar surface area (TPSA) is 102 Å². The standard InChI is InChI=1S/C11H17N3O4/c1-5-18-9(15)7-6-8(12)13-14(7,10(16)17)11(2,3)4/h6H,5H2,1-4H3,(H2-,12,13,16,17)/p+1. The molecule has 0 fully saturated rings. The molecule has 1 rings (SSSR count). The number of nitrogens with zero attached hydrogens (tertiary/aromatic N) is 2. The number of rotatable bonds is 2. The summed E-state index contributed by atoms with van der Waals surface area (Å²) in [6.45, 7) is 6.78. The normalized spacial score (nSPS) is 23.3. The number of quaternary nitrogens is 1. The van der Waals surface area contributed by atoms with Crippen LogP contribution in [-0.4, -0.2) is 39.7 Å². The maximum absolute atomic E-state index is 11.9. The van der Waals surface area contributed by atoms with Crippen molar-refractivity contribution in [3.63, 3.8) is 0 Å². The number of carboxylic acid groups (broad SMARTS) is 1. The fourth-order valence-electron chi connectivity index (χ4n) is 1.83. The first-order valence-corrected chi connectivity index (χ1v) is 5.54. The molecule has 1 atom stereocenters. The zero-order valence-corrected chi connectivity index (χ0v) is 10.9. The lowest BCUT2D eigenvalue weighted by Crippen LogP contribution is -2.59. The fraction of sp³-hybridized carbons (Fsp3) is 0.545. The number of esters is 1. The number of amidine groups is 1. The van der Waals surface area contributed by atoms with E-state index in [0.29, 0.717) is 0 Å². The summed E-state index contributed by atoms with van der Waals surface area (Å²) in [6, 6.07) is 0. The summed E-state index contributed by atoms with van der Waals surface area (Å²) in [7, 11) is 0. The van der Waals surface area contributed by atoms with Crippen molar-refractivity contribution in [1.82, 2.24) is 0 Å². The molecule has 7 heteroatoms. The lowest BCUT2D eigenvalue weighted by atomic mass is 10.0. The van der Waals surface area contributed by atoms with Crippen LogP contribution in [0.5, 0.6) is 0 Å². The van der Waals surface area contributed by atoms with Crippen LogP contribution in [0.25, 0.3) is 0 Å². The monoisotopic (exact) mass is 256 g/mol. The van der Waals surface area contributed by atoms with Crippen LogP contribution in [0.15, 0.2) is 16.9 Å². The Morgan fingerprint density at radius 2 is 2.06 bits per heavy atom. The minimum absolute atomic E-state index is 0.00428. The van der Waals surface area contributed by atoms with Crippen molar-refractivity contribution in [2.45, 2.75) is 33.2 Å². The van der Waals surface area contributed by atoms with E-state index in [1.54, 1.807) is 27.7 Å². The van der Waals surface area contributed by atoms with Crippen molar-refractivity contribution in [2.75, 3.05) is 6.61 Å². The Morgan fingerprint density at radius 3 is 2.44 bits per heavy atom. The second kappa shape index (κ2) is 4.41. The van der Waals surface area contributed by atoms with Gasteiger partial charge in [0, 0.05) is 0 Å². The van der Waals surface area contributed by atoms with E-state index >= 15 is 0 Å². The third kappa shape index (κ3) is 1.97. The minimum atomic E-state index is -1.28. The molecular formula is C11H18N3O4+. The summed E-state index contributed by atoms with van der Waals surface area (Å²) in [5.41, 5.74) is 4.60. The SMILES string of the molecule is CCOC(=O)C1=CC(N)=N[N+]1(C(=O)O)C(C)(C)C. The van der Waals surface area contributed by atoms with E-state index in [9.17, 15) is 14.7 Å². The van der Waals surface area contributed by atoms with Crippen LogP contribution in [0.3, 0.4) is 0 Å². The van der Waals surface area contributed by atoms with Crippen LogP contribution in [-0.2, 0) is 9.53 Å². The van der Waals surface area contributed by atoms with E-state index < -0.39 is 22.2 Å². The lowest BCUT2D eigenvalue weighted by Gasteiger charge is -2.35. The Bertz CT molecular complexity index is 448. The molecule has 18 heavy (non-hydrogen) atoms. The summed E-state index contributed by atoms with van der Waals surface area (Å²) in [5, 5.41) is 13.4. The first kappa shape index (κ1) is 14.2. The van der Waals surface area contributed by atoms with Gasteiger partial charge in [-0.25, -0.2) is 4.79 Å². The van der Waals surface area contributed by atoms with Gasteiger partial charge in [0.15, 0.2) is 5.84 Å². The molecule has 1 heterocycles. The van der Waals surface area contributed by atoms with Gasteiger partial charge in [-0.2, -0.15) is 4.79 Å². The van der Waals surface area contributed by atoms with E-state index in [0.717, 1.165) is 0 Å². The number of hydrogen-bond acceptors (Lipinski definition) is 5. The molecule has 0 radical (unpaired) electrons. The average molecular weight is 256 g/mol. The molecule has 1 amide bonds. The highest BCUT2D eigenvalue weighted by Gasteiger charge is 2.59. The van der Waals surface area contributed by atoms with Gasteiger partial charge in [-0.15, -0.1) is 0 Å². The van der Waals surface area contributed by atoms with Crippen LogP contribution >= 0.6 is 0 Å². The predicted octanol–water partition coefficient (Wildman–Crippen LogP) is 1.01. The van der Waals surface area contributed by atoms with Crippen LogP contribution in [0, 0.1) is 0 Å². The Hall–Kier alpha value is -1.89. The molecule has 1 unspecified atom stereocenters. The van der Waals surface area contributed by atoms with Crippen LogP contribution in [0.1, 0.15) is 27.7 Å². The molecule has 100 valence electrons. The van der Waals surface area contributed by atoms with Crippen LogP contribution in [0.2, 0.25) is 0 Å². The number of carbonyl (C=O) groups excluding carboxylic acids is 1. The van der Waals surface area contributed by atoms with Gasteiger partial charge in [0.2, 0.25) is 0 Å². The van der Waals surface area contributed by atoms with Crippen molar-refractivity contribution in [1.29, 1.82) is 0 Å². The maximum atomic E-state index is 11.9. The average Bonchev–Trinajstić information content (AvgIpc) is 2.56. The molecule has 0 aromatic rings. The van der Waals surface area contributed by atoms with Gasteiger partial charge >= 0.3 is 12.1 Å². The summed E-state index contributed by atoms with van der Waals surface area (Å²) in [5.74, 6) is -0.727. The van der Waals surface area contributed by atoms with E-state index in [4.69, 9.17) is 10.5 Å². The van der Waals surface area contributed by atoms with Gasteiger partial charge in [0.1, 0.15) is 5.54 Å². The van der Waals surface area contributed by atoms with Crippen molar-refractivity contribution in [2.24, 2.45) is 10.8 Å². The number of hydrogen-bond donors (Lipinski definition) is 2. The summed E-state index contributed by atoms with van der Waals surface area (Å²) in [4.78, 5) is 23.5. The van der Waals surface area contributed by atoms with Crippen molar-refractivity contribution in [3.05, 3.63) is 11.8 Å². The van der Waals surface area contributed by atoms with Crippen molar-refractivity contribution >= 4 is 17.9 Å². The molecule has 0 aromatic heterocycles. The van der Waals surface area contributed by atoms with Gasteiger partial charge in [0.05, 0.1) is 12.7 Å². The first-order valence-electron chi connectivity index (χ1n) is 5.54. The molecule has 0 saturated heterocycles. The Labute approximate surface area is 105 Å². The number of carbonyl (C=O) groups is 2. The fourth-order valence-corrected chi connectivity index (χ4v) is 1.83. The Kier molecular flexibility index (Phi) is 3.47. The Balaban J connectivity index is 3.38. The van der Waals surface area contributed by atoms with Gasteiger partial charge < -0.3 is 15.6 Å². The summed E-state index contributed by atoms with van der Waals surface area (Å²) in [6.07, 6.45) is -0.0283. The molecule has 0 saturated carbocycles. The largest absolute Gasteiger partial charge is 0.546 e.